The maximum Gasteiger partial charge on any atom is 0.244 e. The van der Waals surface area contributed by atoms with Crippen molar-refractivity contribution in [2.45, 2.75) is 122 Å². The Morgan fingerprint density at radius 2 is 0.898 bits per heavy atom. The van der Waals surface area contributed by atoms with E-state index in [1.165, 1.54) is 133 Å². The van der Waals surface area contributed by atoms with Crippen LogP contribution < -0.4 is 9.13 Å². The molecule has 0 amide bonds. The maximum atomic E-state index is 2.61. The number of hydrogen-bond donors (Lipinski definition) is 0. The molecule has 0 saturated heterocycles. The van der Waals surface area contributed by atoms with E-state index in [1.54, 1.807) is 11.1 Å². The van der Waals surface area contributed by atoms with Gasteiger partial charge in [-0.15, -0.1) is 0 Å². The molecule has 3 aliphatic heterocycles. The summed E-state index contributed by atoms with van der Waals surface area (Å²) in [5, 5.41) is 0. The van der Waals surface area contributed by atoms with Gasteiger partial charge in [-0.3, -0.25) is 0 Å². The van der Waals surface area contributed by atoms with Crippen molar-refractivity contribution >= 4 is 0 Å². The van der Waals surface area contributed by atoms with Crippen molar-refractivity contribution in [2.24, 2.45) is 0 Å². The van der Waals surface area contributed by atoms with E-state index < -0.39 is 0 Å². The summed E-state index contributed by atoms with van der Waals surface area (Å²) in [7, 11) is 0. The normalized spacial score (nSPS) is 13.9. The number of nitrogens with zero attached hydrogens (tertiary/aromatic N) is 4. The molecule has 300 valence electrons. The van der Waals surface area contributed by atoms with E-state index in [0.29, 0.717) is 0 Å². The van der Waals surface area contributed by atoms with E-state index >= 15 is 0 Å². The summed E-state index contributed by atoms with van der Waals surface area (Å²) < 4.78 is 9.37. The highest BCUT2D eigenvalue weighted by atomic mass is 15.1. The van der Waals surface area contributed by atoms with Crippen LogP contribution in [0.25, 0.3) is 33.4 Å². The largest absolute Gasteiger partial charge is 0.244 e. The van der Waals surface area contributed by atoms with Gasteiger partial charge in [-0.25, -0.2) is 18.3 Å². The van der Waals surface area contributed by atoms with Crippen LogP contribution >= 0.6 is 0 Å². The smallest absolute Gasteiger partial charge is 0.233 e. The van der Waals surface area contributed by atoms with Crippen molar-refractivity contribution < 1.29 is 9.13 Å². The van der Waals surface area contributed by atoms with Crippen LogP contribution in [0.15, 0.2) is 147 Å². The fraction of sp³-hybridized carbons (Fsp3) is 0.345. The highest BCUT2D eigenvalue weighted by Crippen LogP contribution is 2.54. The molecule has 0 fully saturated rings. The lowest BCUT2D eigenvalue weighted by Crippen LogP contribution is -2.32. The molecule has 2 aromatic heterocycles. The van der Waals surface area contributed by atoms with Crippen LogP contribution in [0, 0.1) is 0 Å². The predicted octanol–water partition coefficient (Wildman–Crippen LogP) is 12.7. The SMILES string of the molecule is CCCCCCCC1(CCCCCCC)c2cc3ccc2-c2ccc(cc21)C[n+]1ccn(c1)Cc1ccc(cc1)-c1cccc(c1)-c1ccc(cc1)Cn1cc[n+](c1)C3. The zero-order chi connectivity index (χ0) is 40.0. The summed E-state index contributed by atoms with van der Waals surface area (Å²) in [6.07, 6.45) is 29.1. The molecular weight excluding hydrogens is 717 g/mol. The molecule has 4 aliphatic rings. The second-order valence-corrected chi connectivity index (χ2v) is 17.7. The zero-order valence-corrected chi connectivity index (χ0v) is 35.5. The quantitative estimate of drug-likeness (QED) is 0.0868. The number of unbranched alkanes of at least 4 members (excludes halogenated alkanes) is 8. The first-order valence-corrected chi connectivity index (χ1v) is 22.7. The average Bonchev–Trinajstić information content (AvgIpc) is 3.97. The molecule has 4 heteroatoms. The second kappa shape index (κ2) is 17.8. The number of benzene rings is 5. The molecule has 0 unspecified atom stereocenters. The third-order valence-electron chi connectivity index (χ3n) is 13.3. The molecular formula is C55H62N4+2. The van der Waals surface area contributed by atoms with Crippen molar-refractivity contribution in [1.29, 1.82) is 0 Å². The number of fused-ring (bicyclic) bond motifs is 3. The number of rotatable bonds is 12. The highest BCUT2D eigenvalue weighted by Gasteiger charge is 2.42. The van der Waals surface area contributed by atoms with Gasteiger partial charge in [-0.2, -0.15) is 0 Å². The molecule has 1 aliphatic carbocycles. The molecule has 5 heterocycles. The average molecular weight is 779 g/mol. The fourth-order valence-electron chi connectivity index (χ4n) is 10.1. The molecule has 0 radical (unpaired) electrons. The molecule has 0 N–H and O–H groups in total. The van der Waals surface area contributed by atoms with Crippen LogP contribution in [-0.4, -0.2) is 9.13 Å². The predicted molar refractivity (Wildman–Crippen MR) is 242 cm³/mol. The van der Waals surface area contributed by atoms with Gasteiger partial charge < -0.3 is 0 Å². The molecule has 14 bridgehead atoms. The Balaban J connectivity index is 1.10. The van der Waals surface area contributed by atoms with Gasteiger partial charge in [0.2, 0.25) is 12.7 Å². The molecule has 0 saturated carbocycles. The molecule has 11 rings (SSSR count). The van der Waals surface area contributed by atoms with Crippen LogP contribution in [-0.2, 0) is 31.6 Å². The van der Waals surface area contributed by atoms with Crippen molar-refractivity contribution in [2.75, 3.05) is 0 Å². The van der Waals surface area contributed by atoms with Gasteiger partial charge in [0.25, 0.3) is 0 Å². The lowest BCUT2D eigenvalue weighted by Gasteiger charge is -2.33. The van der Waals surface area contributed by atoms with Crippen LogP contribution in [0.4, 0.5) is 0 Å². The third kappa shape index (κ3) is 8.65. The first-order chi connectivity index (χ1) is 29.1. The Labute approximate surface area is 352 Å². The van der Waals surface area contributed by atoms with Crippen LogP contribution in [0.5, 0.6) is 0 Å². The monoisotopic (exact) mass is 778 g/mol. The van der Waals surface area contributed by atoms with Crippen LogP contribution in [0.2, 0.25) is 0 Å². The molecule has 7 aromatic rings. The molecule has 0 spiro atoms. The van der Waals surface area contributed by atoms with Gasteiger partial charge in [-0.1, -0.05) is 181 Å². The third-order valence-corrected chi connectivity index (χ3v) is 13.3. The Morgan fingerprint density at radius 3 is 1.36 bits per heavy atom. The first-order valence-electron chi connectivity index (χ1n) is 22.7. The van der Waals surface area contributed by atoms with Gasteiger partial charge in [0.05, 0.1) is 0 Å². The summed E-state index contributed by atoms with van der Waals surface area (Å²) in [5.41, 5.74) is 16.5. The van der Waals surface area contributed by atoms with E-state index in [4.69, 9.17) is 0 Å². The number of hydrogen-bond acceptors (Lipinski definition) is 0. The summed E-state index contributed by atoms with van der Waals surface area (Å²) in [4.78, 5) is 0. The Bertz CT molecular complexity index is 2310. The van der Waals surface area contributed by atoms with Gasteiger partial charge in [0.15, 0.2) is 0 Å². The van der Waals surface area contributed by atoms with E-state index in [1.807, 2.05) is 0 Å². The van der Waals surface area contributed by atoms with Crippen molar-refractivity contribution in [3.8, 4) is 33.4 Å². The van der Waals surface area contributed by atoms with Crippen molar-refractivity contribution in [1.82, 2.24) is 9.13 Å². The highest BCUT2D eigenvalue weighted by molar-refractivity contribution is 5.82. The van der Waals surface area contributed by atoms with Crippen molar-refractivity contribution in [3.63, 3.8) is 0 Å². The van der Waals surface area contributed by atoms with Crippen LogP contribution in [0.3, 0.4) is 0 Å². The summed E-state index contributed by atoms with van der Waals surface area (Å²) >= 11 is 0. The van der Waals surface area contributed by atoms with E-state index in [-0.39, 0.29) is 5.41 Å². The van der Waals surface area contributed by atoms with E-state index in [9.17, 15) is 0 Å². The zero-order valence-electron chi connectivity index (χ0n) is 35.5. The number of imidazole rings is 2. The minimum atomic E-state index is 0.0452. The summed E-state index contributed by atoms with van der Waals surface area (Å²) in [5.74, 6) is 0. The Hall–Kier alpha value is -5.48. The van der Waals surface area contributed by atoms with Gasteiger partial charge in [0, 0.05) is 5.41 Å². The van der Waals surface area contributed by atoms with E-state index in [0.717, 1.165) is 26.2 Å². The lowest BCUT2D eigenvalue weighted by molar-refractivity contribution is -0.688. The lowest BCUT2D eigenvalue weighted by atomic mass is 9.70. The first kappa shape index (κ1) is 39.0. The molecule has 5 aromatic carbocycles. The minimum absolute atomic E-state index is 0.0452. The van der Waals surface area contributed by atoms with E-state index in [2.05, 4.69) is 179 Å². The fourth-order valence-corrected chi connectivity index (χ4v) is 10.1. The summed E-state index contributed by atoms with van der Waals surface area (Å²) in [6.45, 7) is 8.10. The van der Waals surface area contributed by atoms with Gasteiger partial charge in [0.1, 0.15) is 51.0 Å². The van der Waals surface area contributed by atoms with Gasteiger partial charge in [-0.05, 0) is 85.7 Å². The molecule has 59 heavy (non-hydrogen) atoms. The molecule has 0 atom stereocenters. The Morgan fingerprint density at radius 1 is 0.458 bits per heavy atom. The van der Waals surface area contributed by atoms with Crippen LogP contribution in [0.1, 0.15) is 124 Å². The van der Waals surface area contributed by atoms with Gasteiger partial charge >= 0.3 is 0 Å². The number of aromatic nitrogens is 4. The summed E-state index contributed by atoms with van der Waals surface area (Å²) in [6, 6.07) is 42.2. The standard InChI is InChI=1S/C55H62N4/c1-3-5-7-9-11-28-55(29-12-10-8-6-4-2)53-34-45-20-26-51(53)52-27-21-46(35-54(52)55)40-59-33-31-57(42-59)38-44-18-24-48(25-19-44)50-15-13-14-49(36-50)47-22-16-43(17-23-47)37-56-30-32-58(39-45)41-56/h13-27,30-36,41-42H,3-12,28-29,37-40H2,1-2H3/q+2. The Kier molecular flexibility index (Phi) is 11.8. The second-order valence-electron chi connectivity index (χ2n) is 17.7. The maximum absolute atomic E-state index is 2.61. The topological polar surface area (TPSA) is 17.6 Å². The molecule has 4 nitrogen and oxygen atoms in total. The minimum Gasteiger partial charge on any atom is -0.233 e. The van der Waals surface area contributed by atoms with Crippen molar-refractivity contribution in [3.05, 3.63) is 180 Å².